The molecule has 7 aromatic carbocycles. The summed E-state index contributed by atoms with van der Waals surface area (Å²) in [4.78, 5) is 10.5. The number of para-hydroxylation sites is 3. The zero-order chi connectivity index (χ0) is 33.0. The van der Waals surface area contributed by atoms with E-state index in [4.69, 9.17) is 9.97 Å². The summed E-state index contributed by atoms with van der Waals surface area (Å²) in [6.07, 6.45) is 0. The molecule has 234 valence electrons. The lowest BCUT2D eigenvalue weighted by molar-refractivity contribution is 1.05. The molecule has 0 aliphatic heterocycles. The van der Waals surface area contributed by atoms with Gasteiger partial charge < -0.3 is 4.57 Å². The van der Waals surface area contributed by atoms with E-state index in [1.165, 1.54) is 32.7 Å². The highest BCUT2D eigenvalue weighted by Crippen LogP contribution is 2.46. The molecule has 0 N–H and O–H groups in total. The van der Waals surface area contributed by atoms with Crippen LogP contribution in [0.15, 0.2) is 182 Å². The molecule has 0 atom stereocenters. The Morgan fingerprint density at radius 3 is 1.56 bits per heavy atom. The quantitative estimate of drug-likeness (QED) is 0.188. The molecule has 0 unspecified atom stereocenters. The summed E-state index contributed by atoms with van der Waals surface area (Å²) in [6, 6.07) is 64.2. The maximum Gasteiger partial charge on any atom is 0.162 e. The molecule has 10 rings (SSSR count). The van der Waals surface area contributed by atoms with Crippen LogP contribution in [0.3, 0.4) is 0 Å². The molecule has 0 aliphatic carbocycles. The van der Waals surface area contributed by atoms with Gasteiger partial charge in [0.05, 0.1) is 27.8 Å². The Kier molecular flexibility index (Phi) is 6.46. The van der Waals surface area contributed by atoms with Crippen molar-refractivity contribution in [3.05, 3.63) is 182 Å². The molecule has 4 nitrogen and oxygen atoms in total. The van der Waals surface area contributed by atoms with Crippen LogP contribution in [0.25, 0.3) is 88.9 Å². The summed E-state index contributed by atoms with van der Waals surface area (Å²) < 4.78 is 4.78. The first-order valence-corrected chi connectivity index (χ1v) is 16.9. The Hall–Kier alpha value is -6.78. The minimum atomic E-state index is 0.690. The largest absolute Gasteiger partial charge is 0.309 e. The van der Waals surface area contributed by atoms with Crippen LogP contribution in [0.4, 0.5) is 0 Å². The van der Waals surface area contributed by atoms with Gasteiger partial charge in [-0.1, -0.05) is 146 Å². The zero-order valence-corrected chi connectivity index (χ0v) is 27.1. The van der Waals surface area contributed by atoms with Crippen molar-refractivity contribution >= 4 is 43.6 Å². The number of hydrogen-bond acceptors (Lipinski definition) is 2. The Labute approximate surface area is 289 Å². The van der Waals surface area contributed by atoms with Crippen LogP contribution in [0.1, 0.15) is 0 Å². The van der Waals surface area contributed by atoms with Crippen LogP contribution >= 0.6 is 0 Å². The van der Waals surface area contributed by atoms with Crippen LogP contribution in [0.5, 0.6) is 0 Å². The molecule has 0 saturated heterocycles. The first-order valence-electron chi connectivity index (χ1n) is 16.9. The molecule has 0 amide bonds. The van der Waals surface area contributed by atoms with Gasteiger partial charge in [0.2, 0.25) is 0 Å². The second-order valence-corrected chi connectivity index (χ2v) is 12.6. The third-order valence-corrected chi connectivity index (χ3v) is 9.72. The number of fused-ring (bicyclic) bond motifs is 7. The zero-order valence-electron chi connectivity index (χ0n) is 27.1. The van der Waals surface area contributed by atoms with E-state index in [1.54, 1.807) is 0 Å². The van der Waals surface area contributed by atoms with Crippen LogP contribution in [-0.4, -0.2) is 19.1 Å². The van der Waals surface area contributed by atoms with Crippen molar-refractivity contribution in [1.29, 1.82) is 0 Å². The summed E-state index contributed by atoms with van der Waals surface area (Å²) >= 11 is 0. The number of aromatic nitrogens is 4. The van der Waals surface area contributed by atoms with Crippen LogP contribution in [0.2, 0.25) is 0 Å². The molecule has 0 saturated carbocycles. The second kappa shape index (κ2) is 11.4. The van der Waals surface area contributed by atoms with Gasteiger partial charge in [0, 0.05) is 44.4 Å². The molecule has 0 radical (unpaired) electrons. The van der Waals surface area contributed by atoms with Crippen LogP contribution < -0.4 is 0 Å². The predicted octanol–water partition coefficient (Wildman–Crippen LogP) is 11.7. The molecule has 50 heavy (non-hydrogen) atoms. The van der Waals surface area contributed by atoms with Crippen molar-refractivity contribution < 1.29 is 0 Å². The lowest BCUT2D eigenvalue weighted by Gasteiger charge is -2.14. The van der Waals surface area contributed by atoms with Gasteiger partial charge >= 0.3 is 0 Å². The summed E-state index contributed by atoms with van der Waals surface area (Å²) in [5.41, 5.74) is 10.9. The SMILES string of the molecule is c1ccc(-c2cc(-n3c4ccccc4c4c(-c5ccccc5)cc5c(c6ccccc6n5-c5ccccc5)c43)nc(-c3ccccc3)n2)cc1. The molecular weight excluding hydrogens is 609 g/mol. The average molecular weight is 639 g/mol. The Morgan fingerprint density at radius 2 is 0.900 bits per heavy atom. The standard InChI is InChI=1S/C46H30N4/c1-5-17-31(18-6-1)37-29-41-44(36-26-14-15-27-39(36)49(41)34-23-11-4-12-24-34)45-43(37)35-25-13-16-28-40(35)50(45)42-30-38(32-19-7-2-8-20-32)47-46(48-42)33-21-9-3-10-22-33/h1-30H. The first kappa shape index (κ1) is 28.3. The fourth-order valence-electron chi connectivity index (χ4n) is 7.56. The summed E-state index contributed by atoms with van der Waals surface area (Å²) in [5.74, 6) is 1.52. The van der Waals surface area contributed by atoms with Gasteiger partial charge in [0.1, 0.15) is 5.82 Å². The van der Waals surface area contributed by atoms with Crippen molar-refractivity contribution in [3.63, 3.8) is 0 Å². The van der Waals surface area contributed by atoms with E-state index >= 15 is 0 Å². The van der Waals surface area contributed by atoms with Gasteiger partial charge in [0.25, 0.3) is 0 Å². The predicted molar refractivity (Wildman–Crippen MR) is 207 cm³/mol. The molecule has 10 aromatic rings. The molecule has 4 heteroatoms. The van der Waals surface area contributed by atoms with E-state index in [-0.39, 0.29) is 0 Å². The molecule has 3 heterocycles. The minimum Gasteiger partial charge on any atom is -0.309 e. The van der Waals surface area contributed by atoms with Crippen molar-refractivity contribution in [2.24, 2.45) is 0 Å². The van der Waals surface area contributed by atoms with Crippen LogP contribution in [0, 0.1) is 0 Å². The Balaban J connectivity index is 1.43. The Morgan fingerprint density at radius 1 is 0.380 bits per heavy atom. The monoisotopic (exact) mass is 638 g/mol. The van der Waals surface area contributed by atoms with Crippen molar-refractivity contribution in [2.45, 2.75) is 0 Å². The third-order valence-electron chi connectivity index (χ3n) is 9.72. The van der Waals surface area contributed by atoms with Crippen molar-refractivity contribution in [3.8, 4) is 45.3 Å². The van der Waals surface area contributed by atoms with E-state index in [9.17, 15) is 0 Å². The van der Waals surface area contributed by atoms with E-state index in [0.717, 1.165) is 50.4 Å². The number of hydrogen-bond donors (Lipinski definition) is 0. The van der Waals surface area contributed by atoms with E-state index in [1.807, 2.05) is 24.3 Å². The summed E-state index contributed by atoms with van der Waals surface area (Å²) in [7, 11) is 0. The second-order valence-electron chi connectivity index (χ2n) is 12.6. The van der Waals surface area contributed by atoms with Gasteiger partial charge in [-0.2, -0.15) is 0 Å². The van der Waals surface area contributed by atoms with Gasteiger partial charge in [-0.05, 0) is 41.5 Å². The van der Waals surface area contributed by atoms with E-state index < -0.39 is 0 Å². The average Bonchev–Trinajstić information content (AvgIpc) is 3.72. The number of nitrogens with zero attached hydrogens (tertiary/aromatic N) is 4. The fourth-order valence-corrected chi connectivity index (χ4v) is 7.56. The highest BCUT2D eigenvalue weighted by atomic mass is 15.1. The van der Waals surface area contributed by atoms with Gasteiger partial charge in [-0.3, -0.25) is 4.57 Å². The molecular formula is C46H30N4. The normalized spacial score (nSPS) is 11.6. The van der Waals surface area contributed by atoms with E-state index in [0.29, 0.717) is 5.82 Å². The lowest BCUT2D eigenvalue weighted by atomic mass is 9.97. The summed E-state index contributed by atoms with van der Waals surface area (Å²) in [6.45, 7) is 0. The highest BCUT2D eigenvalue weighted by Gasteiger charge is 2.25. The molecule has 0 bridgehead atoms. The van der Waals surface area contributed by atoms with E-state index in [2.05, 4.69) is 167 Å². The third kappa shape index (κ3) is 4.39. The topological polar surface area (TPSA) is 35.6 Å². The number of benzene rings is 7. The minimum absolute atomic E-state index is 0.690. The van der Waals surface area contributed by atoms with Crippen molar-refractivity contribution in [1.82, 2.24) is 19.1 Å². The fraction of sp³-hybridized carbons (Fsp3) is 0. The van der Waals surface area contributed by atoms with Gasteiger partial charge in [-0.25, -0.2) is 9.97 Å². The first-order chi connectivity index (χ1) is 24.8. The number of rotatable bonds is 5. The maximum atomic E-state index is 5.37. The molecule has 3 aromatic heterocycles. The molecule has 0 aliphatic rings. The van der Waals surface area contributed by atoms with Gasteiger partial charge in [0.15, 0.2) is 5.82 Å². The lowest BCUT2D eigenvalue weighted by Crippen LogP contribution is -2.03. The maximum absolute atomic E-state index is 5.37. The molecule has 0 spiro atoms. The van der Waals surface area contributed by atoms with Crippen LogP contribution in [-0.2, 0) is 0 Å². The highest BCUT2D eigenvalue weighted by molar-refractivity contribution is 6.29. The van der Waals surface area contributed by atoms with Crippen molar-refractivity contribution in [2.75, 3.05) is 0 Å². The molecule has 0 fully saturated rings. The van der Waals surface area contributed by atoms with Gasteiger partial charge in [-0.15, -0.1) is 0 Å². The summed E-state index contributed by atoms with van der Waals surface area (Å²) in [5, 5.41) is 4.77. The smallest absolute Gasteiger partial charge is 0.162 e. The Bertz CT molecular complexity index is 2780.